The maximum atomic E-state index is 11.2. The van der Waals surface area contributed by atoms with Gasteiger partial charge in [-0.25, -0.2) is 5.48 Å². The van der Waals surface area contributed by atoms with Gasteiger partial charge in [-0.1, -0.05) is 18.2 Å². The van der Waals surface area contributed by atoms with E-state index in [0.29, 0.717) is 5.56 Å². The predicted octanol–water partition coefficient (Wildman–Crippen LogP) is 0.978. The van der Waals surface area contributed by atoms with Crippen LogP contribution < -0.4 is 5.48 Å². The van der Waals surface area contributed by atoms with Crippen molar-refractivity contribution >= 4 is 5.91 Å². The Morgan fingerprint density at radius 1 is 1.55 bits per heavy atom. The van der Waals surface area contributed by atoms with Crippen LogP contribution in [0.1, 0.15) is 14.5 Å². The molecule has 0 atom stereocenters. The molecule has 3 nitrogen and oxygen atoms in total. The number of carbonyl (C=O) groups is 1. The fraction of sp³-hybridized carbons (Fsp3) is 0.125. The normalized spacial score (nSPS) is 14.4. The maximum absolute atomic E-state index is 11.2. The van der Waals surface area contributed by atoms with Gasteiger partial charge < -0.3 is 0 Å². The first-order valence-corrected chi connectivity index (χ1v) is 3.02. The Labute approximate surface area is 69.2 Å². The summed E-state index contributed by atoms with van der Waals surface area (Å²) in [4.78, 5) is 15.4. The zero-order chi connectivity index (χ0) is 10.6. The first kappa shape index (κ1) is 4.51. The molecule has 1 aromatic carbocycles. The van der Waals surface area contributed by atoms with E-state index in [1.807, 2.05) is 5.48 Å². The van der Waals surface area contributed by atoms with Gasteiger partial charge in [-0.05, 0) is 12.1 Å². The molecule has 0 bridgehead atoms. The van der Waals surface area contributed by atoms with Gasteiger partial charge in [0.05, 0.1) is 11.2 Å². The van der Waals surface area contributed by atoms with Crippen LogP contribution >= 0.6 is 0 Å². The van der Waals surface area contributed by atoms with Gasteiger partial charge in [0.25, 0.3) is 5.91 Å². The standard InChI is InChI=1S/C8H9NO2/c1-11-9-8(10)7-5-3-2-4-6-7/h2-6H,1H3,(H,9,10)/i1D3. The molecule has 0 radical (unpaired) electrons. The van der Waals surface area contributed by atoms with Crippen LogP contribution in [-0.2, 0) is 4.84 Å². The van der Waals surface area contributed by atoms with Gasteiger partial charge in [0, 0.05) is 5.56 Å². The van der Waals surface area contributed by atoms with E-state index in [0.717, 1.165) is 0 Å². The molecule has 0 saturated heterocycles. The minimum atomic E-state index is -2.62. The van der Waals surface area contributed by atoms with E-state index in [4.69, 9.17) is 4.11 Å². The highest BCUT2D eigenvalue weighted by Crippen LogP contribution is 1.96. The van der Waals surface area contributed by atoms with Crippen molar-refractivity contribution in [1.82, 2.24) is 5.48 Å². The third kappa shape index (κ3) is 2.05. The van der Waals surface area contributed by atoms with Crippen LogP contribution in [0.5, 0.6) is 0 Å². The Morgan fingerprint density at radius 2 is 2.27 bits per heavy atom. The summed E-state index contributed by atoms with van der Waals surface area (Å²) in [5.74, 6) is -0.582. The molecule has 1 aromatic rings. The fourth-order valence-electron chi connectivity index (χ4n) is 0.695. The first-order valence-electron chi connectivity index (χ1n) is 4.52. The van der Waals surface area contributed by atoms with Crippen LogP contribution in [0.4, 0.5) is 0 Å². The number of hydrogen-bond acceptors (Lipinski definition) is 2. The quantitative estimate of drug-likeness (QED) is 0.645. The van der Waals surface area contributed by atoms with Gasteiger partial charge in [-0.3, -0.25) is 9.63 Å². The number of rotatable bonds is 2. The van der Waals surface area contributed by atoms with Crippen LogP contribution in [0.2, 0.25) is 0 Å². The molecule has 11 heavy (non-hydrogen) atoms. The van der Waals surface area contributed by atoms with Crippen LogP contribution in [0.15, 0.2) is 30.3 Å². The van der Waals surface area contributed by atoms with Crippen LogP contribution in [0, 0.1) is 0 Å². The lowest BCUT2D eigenvalue weighted by molar-refractivity contribution is 0.0537. The number of amides is 1. The molecule has 0 aromatic heterocycles. The summed E-state index contributed by atoms with van der Waals surface area (Å²) in [6, 6.07) is 8.20. The SMILES string of the molecule is [2H]C([2H])([2H])ONC(=O)c1ccccc1. The molecule has 0 fully saturated rings. The molecule has 0 saturated carbocycles. The molecule has 0 aliphatic rings. The molecule has 58 valence electrons. The minimum Gasteiger partial charge on any atom is -0.277 e. The van der Waals surface area contributed by atoms with Crippen molar-refractivity contribution in [3.05, 3.63) is 35.9 Å². The smallest absolute Gasteiger partial charge is 0.274 e. The van der Waals surface area contributed by atoms with E-state index in [2.05, 4.69) is 4.84 Å². The van der Waals surface area contributed by atoms with Crippen LogP contribution in [-0.4, -0.2) is 12.9 Å². The number of benzene rings is 1. The summed E-state index contributed by atoms with van der Waals surface area (Å²) in [5.41, 5.74) is 2.18. The molecular formula is C8H9NO2. The average molecular weight is 154 g/mol. The Balaban J connectivity index is 2.52. The Bertz CT molecular complexity index is 310. The van der Waals surface area contributed by atoms with Gasteiger partial charge in [0.2, 0.25) is 0 Å². The lowest BCUT2D eigenvalue weighted by atomic mass is 10.2. The van der Waals surface area contributed by atoms with Gasteiger partial charge in [-0.2, -0.15) is 0 Å². The van der Waals surface area contributed by atoms with E-state index < -0.39 is 12.9 Å². The molecule has 1 rings (SSSR count). The highest BCUT2D eigenvalue weighted by Gasteiger charge is 2.00. The first-order chi connectivity index (χ1) is 6.49. The highest BCUT2D eigenvalue weighted by atomic mass is 16.6. The highest BCUT2D eigenvalue weighted by molar-refractivity contribution is 5.93. The van der Waals surface area contributed by atoms with E-state index in [-0.39, 0.29) is 0 Å². The molecular weight excluding hydrogens is 142 g/mol. The molecule has 1 N–H and O–H groups in total. The molecule has 0 spiro atoms. The van der Waals surface area contributed by atoms with Crippen molar-refractivity contribution in [2.45, 2.75) is 0 Å². The zero-order valence-corrected chi connectivity index (χ0v) is 5.70. The van der Waals surface area contributed by atoms with Gasteiger partial charge in [-0.15, -0.1) is 0 Å². The number of hydrogen-bond donors (Lipinski definition) is 1. The summed E-state index contributed by atoms with van der Waals surface area (Å²) in [5, 5.41) is 0. The molecule has 3 heteroatoms. The summed E-state index contributed by atoms with van der Waals surface area (Å²) in [6.07, 6.45) is 0. The fourth-order valence-corrected chi connectivity index (χ4v) is 0.695. The largest absolute Gasteiger partial charge is 0.277 e. The number of carbonyl (C=O) groups excluding carboxylic acids is 1. The Morgan fingerprint density at radius 3 is 2.91 bits per heavy atom. The Hall–Kier alpha value is -1.35. The molecule has 0 unspecified atom stereocenters. The van der Waals surface area contributed by atoms with Crippen molar-refractivity contribution in [2.24, 2.45) is 0 Å². The summed E-state index contributed by atoms with van der Waals surface area (Å²) in [6.45, 7) is 0. The number of nitrogens with one attached hydrogen (secondary N) is 1. The summed E-state index contributed by atoms with van der Waals surface area (Å²) < 4.78 is 20.1. The lowest BCUT2D eigenvalue weighted by Crippen LogP contribution is -2.21. The number of hydroxylamine groups is 1. The van der Waals surface area contributed by atoms with Crippen molar-refractivity contribution in [3.63, 3.8) is 0 Å². The predicted molar refractivity (Wildman–Crippen MR) is 40.9 cm³/mol. The maximum Gasteiger partial charge on any atom is 0.274 e. The van der Waals surface area contributed by atoms with Crippen LogP contribution in [0.25, 0.3) is 0 Å². The van der Waals surface area contributed by atoms with Crippen molar-refractivity contribution < 1.29 is 13.7 Å². The van der Waals surface area contributed by atoms with Crippen molar-refractivity contribution in [3.8, 4) is 0 Å². The topological polar surface area (TPSA) is 38.3 Å². The molecule has 0 aliphatic heterocycles. The van der Waals surface area contributed by atoms with E-state index in [1.54, 1.807) is 30.3 Å². The second-order valence-corrected chi connectivity index (χ2v) is 1.90. The zero-order valence-electron chi connectivity index (χ0n) is 8.70. The van der Waals surface area contributed by atoms with Crippen LogP contribution in [0.3, 0.4) is 0 Å². The van der Waals surface area contributed by atoms with E-state index >= 15 is 0 Å². The van der Waals surface area contributed by atoms with Gasteiger partial charge >= 0.3 is 0 Å². The third-order valence-corrected chi connectivity index (χ3v) is 1.18. The summed E-state index contributed by atoms with van der Waals surface area (Å²) >= 11 is 0. The summed E-state index contributed by atoms with van der Waals surface area (Å²) in [7, 11) is -2.62. The minimum absolute atomic E-state index is 0.344. The van der Waals surface area contributed by atoms with Crippen molar-refractivity contribution in [2.75, 3.05) is 7.04 Å². The second kappa shape index (κ2) is 3.73. The average Bonchev–Trinajstić information content (AvgIpc) is 2.14. The van der Waals surface area contributed by atoms with E-state index in [1.165, 1.54) is 0 Å². The van der Waals surface area contributed by atoms with E-state index in [9.17, 15) is 4.79 Å². The molecule has 0 heterocycles. The lowest BCUT2D eigenvalue weighted by Gasteiger charge is -1.99. The molecule has 0 aliphatic carbocycles. The van der Waals surface area contributed by atoms with Crippen molar-refractivity contribution in [1.29, 1.82) is 0 Å². The second-order valence-electron chi connectivity index (χ2n) is 1.90. The monoisotopic (exact) mass is 154 g/mol. The Kier molecular flexibility index (Phi) is 1.53. The molecule has 1 amide bonds. The van der Waals surface area contributed by atoms with Gasteiger partial charge in [0.1, 0.15) is 0 Å². The third-order valence-electron chi connectivity index (χ3n) is 1.18. The van der Waals surface area contributed by atoms with Gasteiger partial charge in [0.15, 0.2) is 0 Å².